The van der Waals surface area contributed by atoms with Gasteiger partial charge in [0.05, 0.1) is 4.47 Å². The summed E-state index contributed by atoms with van der Waals surface area (Å²) in [6.45, 7) is 6.44. The van der Waals surface area contributed by atoms with Crippen LogP contribution in [0.5, 0.6) is 5.75 Å². The minimum atomic E-state index is -0.401. The molecular formula is C23H21BrO2. The van der Waals surface area contributed by atoms with Gasteiger partial charge in [-0.25, -0.2) is 4.79 Å². The molecule has 0 bridgehead atoms. The number of carbonyl (C=O) groups excluding carboxylic acids is 1. The molecule has 3 rings (SSSR count). The normalized spacial score (nSPS) is 11.8. The lowest BCUT2D eigenvalue weighted by atomic mass is 9.87. The van der Waals surface area contributed by atoms with Gasteiger partial charge in [-0.15, -0.1) is 0 Å². The van der Waals surface area contributed by atoms with Crippen LogP contribution in [0.1, 0.15) is 31.9 Å². The highest BCUT2D eigenvalue weighted by atomic mass is 79.9. The number of ether oxygens (including phenoxy) is 1. The lowest BCUT2D eigenvalue weighted by Crippen LogP contribution is -2.11. The maximum atomic E-state index is 12.2. The van der Waals surface area contributed by atoms with Crippen LogP contribution in [0.4, 0.5) is 0 Å². The third-order valence-corrected chi connectivity index (χ3v) is 4.85. The van der Waals surface area contributed by atoms with Crippen LogP contribution in [-0.4, -0.2) is 5.97 Å². The second-order valence-corrected chi connectivity index (χ2v) is 8.07. The molecule has 0 fully saturated rings. The molecule has 3 aromatic carbocycles. The minimum absolute atomic E-state index is 0.0410. The molecule has 3 aromatic rings. The summed E-state index contributed by atoms with van der Waals surface area (Å²) >= 11 is 3.50. The second-order valence-electron chi connectivity index (χ2n) is 7.22. The number of halogens is 1. The molecule has 0 radical (unpaired) electrons. The van der Waals surface area contributed by atoms with Crippen molar-refractivity contribution in [2.45, 2.75) is 26.2 Å². The molecule has 0 aliphatic carbocycles. The van der Waals surface area contributed by atoms with E-state index in [1.807, 2.05) is 48.5 Å². The fourth-order valence-corrected chi connectivity index (χ4v) is 3.21. The first kappa shape index (κ1) is 18.4. The molecule has 0 aromatic heterocycles. The SMILES string of the molecule is CC(C)(C)c1ccc(OC(=O)/C=C/c2cccc3ccccc23)c(Br)c1. The Morgan fingerprint density at radius 2 is 1.73 bits per heavy atom. The molecule has 0 atom stereocenters. The van der Waals surface area contributed by atoms with Crippen molar-refractivity contribution >= 4 is 38.7 Å². The molecular weight excluding hydrogens is 388 g/mol. The summed E-state index contributed by atoms with van der Waals surface area (Å²) in [4.78, 5) is 12.2. The van der Waals surface area contributed by atoms with Gasteiger partial charge in [0.2, 0.25) is 0 Å². The Hall–Kier alpha value is -2.39. The van der Waals surface area contributed by atoms with Crippen LogP contribution in [0.2, 0.25) is 0 Å². The van der Waals surface area contributed by atoms with Gasteiger partial charge in [0.15, 0.2) is 0 Å². The molecule has 0 spiro atoms. The van der Waals surface area contributed by atoms with E-state index in [1.54, 1.807) is 6.08 Å². The van der Waals surface area contributed by atoms with E-state index in [0.29, 0.717) is 5.75 Å². The van der Waals surface area contributed by atoms with E-state index in [1.165, 1.54) is 11.6 Å². The number of rotatable bonds is 3. The standard InChI is InChI=1S/C23H21BrO2/c1-23(2,3)18-12-13-21(20(24)15-18)26-22(25)14-11-17-9-6-8-16-7-4-5-10-19(16)17/h4-15H,1-3H3/b14-11+. The fraction of sp³-hybridized carbons (Fsp3) is 0.174. The topological polar surface area (TPSA) is 26.3 Å². The van der Waals surface area contributed by atoms with Crippen LogP contribution in [0.15, 0.2) is 71.2 Å². The predicted molar refractivity (Wildman–Crippen MR) is 111 cm³/mol. The molecule has 0 saturated carbocycles. The van der Waals surface area contributed by atoms with Crippen molar-refractivity contribution in [1.82, 2.24) is 0 Å². The van der Waals surface area contributed by atoms with E-state index in [2.05, 4.69) is 48.8 Å². The molecule has 0 aliphatic rings. The van der Waals surface area contributed by atoms with Gasteiger partial charge in [-0.1, -0.05) is 69.3 Å². The summed E-state index contributed by atoms with van der Waals surface area (Å²) in [5, 5.41) is 2.25. The highest BCUT2D eigenvalue weighted by molar-refractivity contribution is 9.10. The molecule has 0 unspecified atom stereocenters. The van der Waals surface area contributed by atoms with Crippen LogP contribution >= 0.6 is 15.9 Å². The zero-order valence-corrected chi connectivity index (χ0v) is 16.7. The van der Waals surface area contributed by atoms with Crippen molar-refractivity contribution in [1.29, 1.82) is 0 Å². The Kier molecular flexibility index (Phi) is 5.28. The van der Waals surface area contributed by atoms with Crippen LogP contribution < -0.4 is 4.74 Å². The van der Waals surface area contributed by atoms with E-state index in [9.17, 15) is 4.79 Å². The Morgan fingerprint density at radius 3 is 2.46 bits per heavy atom. The summed E-state index contributed by atoms with van der Waals surface area (Å²) in [5.41, 5.74) is 2.21. The van der Waals surface area contributed by atoms with Crippen molar-refractivity contribution in [3.63, 3.8) is 0 Å². The number of benzene rings is 3. The largest absolute Gasteiger partial charge is 0.422 e. The molecule has 0 aliphatic heterocycles. The minimum Gasteiger partial charge on any atom is -0.422 e. The quantitative estimate of drug-likeness (QED) is 0.280. The van der Waals surface area contributed by atoms with Crippen molar-refractivity contribution in [3.05, 3.63) is 82.3 Å². The maximum absolute atomic E-state index is 12.2. The lowest BCUT2D eigenvalue weighted by Gasteiger charge is -2.19. The van der Waals surface area contributed by atoms with Crippen LogP contribution in [0.25, 0.3) is 16.8 Å². The highest BCUT2D eigenvalue weighted by Gasteiger charge is 2.16. The van der Waals surface area contributed by atoms with Gasteiger partial charge in [-0.05, 0) is 61.5 Å². The van der Waals surface area contributed by atoms with Gasteiger partial charge in [0.1, 0.15) is 5.75 Å². The summed E-state index contributed by atoms with van der Waals surface area (Å²) in [5.74, 6) is 0.118. The van der Waals surface area contributed by atoms with E-state index < -0.39 is 5.97 Å². The van der Waals surface area contributed by atoms with Crippen molar-refractivity contribution in [3.8, 4) is 5.75 Å². The highest BCUT2D eigenvalue weighted by Crippen LogP contribution is 2.31. The summed E-state index contributed by atoms with van der Waals surface area (Å²) in [6, 6.07) is 19.9. The maximum Gasteiger partial charge on any atom is 0.336 e. The number of carbonyl (C=O) groups is 1. The molecule has 0 N–H and O–H groups in total. The summed E-state index contributed by atoms with van der Waals surface area (Å²) in [6.07, 6.45) is 3.26. The van der Waals surface area contributed by atoms with E-state index in [-0.39, 0.29) is 5.41 Å². The molecule has 0 saturated heterocycles. The Balaban J connectivity index is 1.77. The summed E-state index contributed by atoms with van der Waals surface area (Å²) in [7, 11) is 0. The average molecular weight is 409 g/mol. The Bertz CT molecular complexity index is 976. The van der Waals surface area contributed by atoms with Gasteiger partial charge in [-0.2, -0.15) is 0 Å². The number of fused-ring (bicyclic) bond motifs is 1. The molecule has 132 valence electrons. The predicted octanol–water partition coefficient (Wildman–Crippen LogP) is 6.52. The average Bonchev–Trinajstić information content (AvgIpc) is 2.60. The first-order valence-electron chi connectivity index (χ1n) is 8.52. The van der Waals surface area contributed by atoms with Crippen LogP contribution in [0.3, 0.4) is 0 Å². The van der Waals surface area contributed by atoms with E-state index in [0.717, 1.165) is 20.8 Å². The monoisotopic (exact) mass is 408 g/mol. The van der Waals surface area contributed by atoms with Crippen LogP contribution in [0, 0.1) is 0 Å². The third kappa shape index (κ3) is 4.23. The van der Waals surface area contributed by atoms with Crippen molar-refractivity contribution < 1.29 is 9.53 Å². The molecule has 26 heavy (non-hydrogen) atoms. The smallest absolute Gasteiger partial charge is 0.336 e. The van der Waals surface area contributed by atoms with Gasteiger partial charge in [0.25, 0.3) is 0 Å². The zero-order chi connectivity index (χ0) is 18.7. The molecule has 2 nitrogen and oxygen atoms in total. The number of hydrogen-bond acceptors (Lipinski definition) is 2. The lowest BCUT2D eigenvalue weighted by molar-refractivity contribution is -0.128. The van der Waals surface area contributed by atoms with Gasteiger partial charge in [-0.3, -0.25) is 0 Å². The van der Waals surface area contributed by atoms with Gasteiger partial charge < -0.3 is 4.74 Å². The first-order valence-corrected chi connectivity index (χ1v) is 9.31. The van der Waals surface area contributed by atoms with E-state index >= 15 is 0 Å². The second kappa shape index (κ2) is 7.46. The number of hydrogen-bond donors (Lipinski definition) is 0. The molecule has 0 amide bonds. The van der Waals surface area contributed by atoms with E-state index in [4.69, 9.17) is 4.74 Å². The van der Waals surface area contributed by atoms with Crippen LogP contribution in [-0.2, 0) is 10.2 Å². The Labute approximate surface area is 162 Å². The molecule has 0 heterocycles. The van der Waals surface area contributed by atoms with Crippen molar-refractivity contribution in [2.75, 3.05) is 0 Å². The molecule has 3 heteroatoms. The fourth-order valence-electron chi connectivity index (χ4n) is 2.75. The van der Waals surface area contributed by atoms with Crippen molar-refractivity contribution in [2.24, 2.45) is 0 Å². The zero-order valence-electron chi connectivity index (χ0n) is 15.1. The first-order chi connectivity index (χ1) is 12.3. The third-order valence-electron chi connectivity index (χ3n) is 4.23. The Morgan fingerprint density at radius 1 is 1.00 bits per heavy atom. The summed E-state index contributed by atoms with van der Waals surface area (Å²) < 4.78 is 6.25. The van der Waals surface area contributed by atoms with Gasteiger partial charge in [0, 0.05) is 6.08 Å². The number of esters is 1. The van der Waals surface area contributed by atoms with Gasteiger partial charge >= 0.3 is 5.97 Å².